The molecule has 7 heteroatoms. The van der Waals surface area contributed by atoms with Crippen molar-refractivity contribution in [2.45, 2.75) is 25.6 Å². The van der Waals surface area contributed by atoms with Gasteiger partial charge in [0, 0.05) is 55.6 Å². The molecule has 2 aliphatic heterocycles. The third-order valence-corrected chi connectivity index (χ3v) is 5.91. The molecule has 2 saturated heterocycles. The third kappa shape index (κ3) is 3.94. The zero-order valence-corrected chi connectivity index (χ0v) is 17.5. The highest BCUT2D eigenvalue weighted by Crippen LogP contribution is 2.33. The summed E-state index contributed by atoms with van der Waals surface area (Å²) >= 11 is 0. The van der Waals surface area contributed by atoms with Gasteiger partial charge in [0.15, 0.2) is 11.6 Å². The predicted octanol–water partition coefficient (Wildman–Crippen LogP) is 3.49. The molecule has 1 spiro atoms. The van der Waals surface area contributed by atoms with Gasteiger partial charge in [-0.25, -0.2) is 9.97 Å². The van der Waals surface area contributed by atoms with Gasteiger partial charge in [-0.1, -0.05) is 29.8 Å². The van der Waals surface area contributed by atoms with Gasteiger partial charge in [0.2, 0.25) is 0 Å². The van der Waals surface area contributed by atoms with Gasteiger partial charge >= 0.3 is 0 Å². The lowest BCUT2D eigenvalue weighted by molar-refractivity contribution is -0.181. The molecule has 7 nitrogen and oxygen atoms in total. The van der Waals surface area contributed by atoms with Crippen molar-refractivity contribution in [2.24, 2.45) is 0 Å². The fourth-order valence-electron chi connectivity index (χ4n) is 4.12. The molecule has 0 atom stereocenters. The molecule has 0 unspecified atom stereocenters. The van der Waals surface area contributed by atoms with E-state index < -0.39 is 5.79 Å². The number of pyridine rings is 1. The molecule has 2 aliphatic rings. The number of carbonyl (C=O) groups is 1. The van der Waals surface area contributed by atoms with Gasteiger partial charge in [-0.3, -0.25) is 9.78 Å². The molecule has 31 heavy (non-hydrogen) atoms. The number of aromatic nitrogens is 3. The van der Waals surface area contributed by atoms with E-state index in [1.165, 1.54) is 5.56 Å². The molecule has 0 bridgehead atoms. The molecule has 0 N–H and O–H groups in total. The van der Waals surface area contributed by atoms with Gasteiger partial charge < -0.3 is 14.4 Å². The number of likely N-dealkylation sites (tertiary alicyclic amines) is 1. The quantitative estimate of drug-likeness (QED) is 0.650. The van der Waals surface area contributed by atoms with Gasteiger partial charge in [-0.05, 0) is 19.1 Å². The number of benzene rings is 1. The van der Waals surface area contributed by atoms with E-state index in [0.717, 1.165) is 11.1 Å². The number of rotatable bonds is 3. The zero-order chi connectivity index (χ0) is 21.3. The minimum absolute atomic E-state index is 0.0740. The van der Waals surface area contributed by atoms with E-state index in [1.807, 2.05) is 48.2 Å². The normalized spacial score (nSPS) is 17.8. The lowest BCUT2D eigenvalue weighted by Gasteiger charge is -2.37. The Morgan fingerprint density at radius 3 is 2.32 bits per heavy atom. The van der Waals surface area contributed by atoms with E-state index in [-0.39, 0.29) is 5.91 Å². The van der Waals surface area contributed by atoms with Crippen LogP contribution in [0.2, 0.25) is 0 Å². The highest BCUT2D eigenvalue weighted by Gasteiger charge is 2.41. The number of ether oxygens (including phenoxy) is 2. The van der Waals surface area contributed by atoms with Crippen molar-refractivity contribution in [3.8, 4) is 22.6 Å². The van der Waals surface area contributed by atoms with Gasteiger partial charge in [-0.15, -0.1) is 0 Å². The molecule has 0 aliphatic carbocycles. The molecule has 5 rings (SSSR count). The van der Waals surface area contributed by atoms with Crippen molar-refractivity contribution in [2.75, 3.05) is 26.3 Å². The molecule has 1 aromatic carbocycles. The molecule has 3 aromatic rings. The SMILES string of the molecule is Cc1ccc(-c2ncc(C(=O)N3CCC4(CC3)OCCO4)c(-c3ccncc3)n2)cc1. The standard InChI is InChI=1S/C24H24N4O3/c1-17-2-4-19(5-3-17)22-26-16-20(21(27-22)18-6-10-25-11-7-18)23(29)28-12-8-24(9-13-28)30-14-15-31-24/h2-7,10-11,16H,8-9,12-15H2,1H3. The predicted molar refractivity (Wildman–Crippen MR) is 115 cm³/mol. The van der Waals surface area contributed by atoms with Gasteiger partial charge in [0.1, 0.15) is 0 Å². The molecule has 158 valence electrons. The second-order valence-electron chi connectivity index (χ2n) is 7.96. The summed E-state index contributed by atoms with van der Waals surface area (Å²) in [6.45, 7) is 4.44. The lowest BCUT2D eigenvalue weighted by atomic mass is 10.0. The molecule has 2 aromatic heterocycles. The van der Waals surface area contributed by atoms with Crippen molar-refractivity contribution in [3.05, 3.63) is 66.1 Å². The van der Waals surface area contributed by atoms with Crippen LogP contribution >= 0.6 is 0 Å². The summed E-state index contributed by atoms with van der Waals surface area (Å²) < 4.78 is 11.6. The van der Waals surface area contributed by atoms with Crippen molar-refractivity contribution >= 4 is 5.91 Å². The molecule has 1 amide bonds. The summed E-state index contributed by atoms with van der Waals surface area (Å²) in [5.41, 5.74) is 4.03. The Kier molecular flexibility index (Phi) is 5.21. The second kappa shape index (κ2) is 8.17. The first-order valence-corrected chi connectivity index (χ1v) is 10.6. The minimum atomic E-state index is -0.517. The van der Waals surface area contributed by atoms with Crippen LogP contribution in [0.4, 0.5) is 0 Å². The zero-order valence-electron chi connectivity index (χ0n) is 17.5. The Labute approximate surface area is 181 Å². The summed E-state index contributed by atoms with van der Waals surface area (Å²) in [5, 5.41) is 0. The van der Waals surface area contributed by atoms with Crippen molar-refractivity contribution < 1.29 is 14.3 Å². The van der Waals surface area contributed by atoms with Crippen LogP contribution in [0.3, 0.4) is 0 Å². The monoisotopic (exact) mass is 416 g/mol. The first-order chi connectivity index (χ1) is 15.1. The molecular formula is C24H24N4O3. The van der Waals surface area contributed by atoms with Crippen LogP contribution in [-0.2, 0) is 9.47 Å². The van der Waals surface area contributed by atoms with Gasteiger partial charge in [0.25, 0.3) is 5.91 Å². The third-order valence-electron chi connectivity index (χ3n) is 5.91. The van der Waals surface area contributed by atoms with Crippen LogP contribution < -0.4 is 0 Å². The van der Waals surface area contributed by atoms with Gasteiger partial charge in [-0.2, -0.15) is 0 Å². The first kappa shape index (κ1) is 19.8. The number of nitrogens with zero attached hydrogens (tertiary/aromatic N) is 4. The van der Waals surface area contributed by atoms with E-state index in [0.29, 0.717) is 56.2 Å². The van der Waals surface area contributed by atoms with Gasteiger partial charge in [0.05, 0.1) is 24.5 Å². The molecule has 4 heterocycles. The van der Waals surface area contributed by atoms with Crippen molar-refractivity contribution in [3.63, 3.8) is 0 Å². The average Bonchev–Trinajstić information content (AvgIpc) is 3.28. The number of amides is 1. The van der Waals surface area contributed by atoms with Crippen LogP contribution in [0.1, 0.15) is 28.8 Å². The van der Waals surface area contributed by atoms with E-state index in [9.17, 15) is 4.79 Å². The fraction of sp³-hybridized carbons (Fsp3) is 0.333. The Hall–Kier alpha value is -3.16. The lowest BCUT2D eigenvalue weighted by Crippen LogP contribution is -2.47. The summed E-state index contributed by atoms with van der Waals surface area (Å²) in [6.07, 6.45) is 6.40. The van der Waals surface area contributed by atoms with Crippen LogP contribution in [0.5, 0.6) is 0 Å². The molecule has 0 radical (unpaired) electrons. The summed E-state index contributed by atoms with van der Waals surface area (Å²) in [4.78, 5) is 28.7. The van der Waals surface area contributed by atoms with Crippen LogP contribution in [0, 0.1) is 6.92 Å². The smallest absolute Gasteiger partial charge is 0.257 e. The first-order valence-electron chi connectivity index (χ1n) is 10.6. The van der Waals surface area contributed by atoms with E-state index >= 15 is 0 Å². The van der Waals surface area contributed by atoms with Crippen LogP contribution in [-0.4, -0.2) is 57.8 Å². The topological polar surface area (TPSA) is 77.4 Å². The minimum Gasteiger partial charge on any atom is -0.347 e. The van der Waals surface area contributed by atoms with E-state index in [1.54, 1.807) is 18.6 Å². The van der Waals surface area contributed by atoms with Crippen LogP contribution in [0.25, 0.3) is 22.6 Å². The summed E-state index contributed by atoms with van der Waals surface area (Å²) in [7, 11) is 0. The van der Waals surface area contributed by atoms with E-state index in [4.69, 9.17) is 14.5 Å². The summed E-state index contributed by atoms with van der Waals surface area (Å²) in [5.74, 6) is 0.0000815. The molecule has 2 fully saturated rings. The second-order valence-corrected chi connectivity index (χ2v) is 7.96. The Balaban J connectivity index is 1.47. The maximum Gasteiger partial charge on any atom is 0.257 e. The average molecular weight is 416 g/mol. The Morgan fingerprint density at radius 1 is 0.968 bits per heavy atom. The Bertz CT molecular complexity index is 1070. The number of hydrogen-bond acceptors (Lipinski definition) is 6. The fourth-order valence-corrected chi connectivity index (χ4v) is 4.12. The number of hydrogen-bond donors (Lipinski definition) is 0. The summed E-state index contributed by atoms with van der Waals surface area (Å²) in [6, 6.07) is 11.8. The number of carbonyl (C=O) groups excluding carboxylic acids is 1. The van der Waals surface area contributed by atoms with Crippen molar-refractivity contribution in [1.82, 2.24) is 19.9 Å². The highest BCUT2D eigenvalue weighted by atomic mass is 16.7. The largest absolute Gasteiger partial charge is 0.347 e. The number of aryl methyl sites for hydroxylation is 1. The molecular weight excluding hydrogens is 392 g/mol. The maximum atomic E-state index is 13.4. The maximum absolute atomic E-state index is 13.4. The Morgan fingerprint density at radius 2 is 1.65 bits per heavy atom. The number of piperidine rings is 1. The van der Waals surface area contributed by atoms with E-state index in [2.05, 4.69) is 9.97 Å². The molecule has 0 saturated carbocycles. The highest BCUT2D eigenvalue weighted by molar-refractivity contribution is 6.00. The van der Waals surface area contributed by atoms with Crippen LogP contribution in [0.15, 0.2) is 55.0 Å². The van der Waals surface area contributed by atoms with Crippen molar-refractivity contribution in [1.29, 1.82) is 0 Å².